The molecule has 0 saturated carbocycles. The first-order chi connectivity index (χ1) is 11.1. The molecule has 1 aromatic heterocycles. The average Bonchev–Trinajstić information content (AvgIpc) is 3.04. The Hall–Kier alpha value is -2.14. The lowest BCUT2D eigenvalue weighted by atomic mass is 10.0. The number of aromatic nitrogens is 1. The Morgan fingerprint density at radius 3 is 2.87 bits per heavy atom. The van der Waals surface area contributed by atoms with Crippen LogP contribution in [0.25, 0.3) is 11.3 Å². The summed E-state index contributed by atoms with van der Waals surface area (Å²) in [5, 5.41) is 3.52. The third-order valence-corrected chi connectivity index (χ3v) is 4.08. The van der Waals surface area contributed by atoms with Crippen molar-refractivity contribution in [2.75, 3.05) is 13.1 Å². The molecular weight excluding hydrogens is 290 g/mol. The topological polar surface area (TPSA) is 58.4 Å². The number of carbonyl (C=O) groups is 1. The lowest BCUT2D eigenvalue weighted by Gasteiger charge is -2.34. The van der Waals surface area contributed by atoms with Crippen LogP contribution in [0, 0.1) is 0 Å². The van der Waals surface area contributed by atoms with Gasteiger partial charge in [-0.2, -0.15) is 0 Å². The van der Waals surface area contributed by atoms with Crippen molar-refractivity contribution in [2.24, 2.45) is 0 Å². The summed E-state index contributed by atoms with van der Waals surface area (Å²) in [6.07, 6.45) is 3.46. The van der Waals surface area contributed by atoms with Gasteiger partial charge in [0.1, 0.15) is 0 Å². The van der Waals surface area contributed by atoms with Gasteiger partial charge in [0.25, 0.3) is 5.91 Å². The second-order valence-electron chi connectivity index (χ2n) is 6.31. The molecular formula is C18H23N3O2. The van der Waals surface area contributed by atoms with Crippen LogP contribution in [0.15, 0.2) is 41.1 Å². The van der Waals surface area contributed by atoms with Crippen LogP contribution in [0.5, 0.6) is 0 Å². The van der Waals surface area contributed by atoms with E-state index in [9.17, 15) is 4.79 Å². The number of oxazole rings is 1. The molecule has 1 aliphatic heterocycles. The van der Waals surface area contributed by atoms with Crippen LogP contribution in [-0.4, -0.2) is 41.0 Å². The normalized spacial score (nSPS) is 18.4. The second kappa shape index (κ2) is 6.96. The second-order valence-corrected chi connectivity index (χ2v) is 6.31. The van der Waals surface area contributed by atoms with E-state index in [0.29, 0.717) is 23.5 Å². The summed E-state index contributed by atoms with van der Waals surface area (Å²) < 4.78 is 5.48. The molecule has 2 aromatic rings. The van der Waals surface area contributed by atoms with Crippen LogP contribution in [0.3, 0.4) is 0 Å². The van der Waals surface area contributed by atoms with E-state index in [1.54, 1.807) is 0 Å². The number of nitrogens with one attached hydrogen (secondary N) is 1. The molecule has 5 nitrogen and oxygen atoms in total. The van der Waals surface area contributed by atoms with Gasteiger partial charge in [0, 0.05) is 30.7 Å². The van der Waals surface area contributed by atoms with Crippen LogP contribution < -0.4 is 5.32 Å². The fourth-order valence-corrected chi connectivity index (χ4v) is 3.11. The van der Waals surface area contributed by atoms with Crippen LogP contribution in [-0.2, 0) is 0 Å². The van der Waals surface area contributed by atoms with Crippen molar-refractivity contribution in [3.63, 3.8) is 0 Å². The fourth-order valence-electron chi connectivity index (χ4n) is 3.11. The van der Waals surface area contributed by atoms with E-state index in [0.717, 1.165) is 31.5 Å². The monoisotopic (exact) mass is 313 g/mol. The highest BCUT2D eigenvalue weighted by atomic mass is 16.3. The van der Waals surface area contributed by atoms with Gasteiger partial charge in [0.05, 0.1) is 0 Å². The smallest absolute Gasteiger partial charge is 0.276 e. The zero-order chi connectivity index (χ0) is 16.2. The van der Waals surface area contributed by atoms with E-state index in [2.05, 4.69) is 24.1 Å². The van der Waals surface area contributed by atoms with Crippen molar-refractivity contribution in [3.05, 3.63) is 42.4 Å². The van der Waals surface area contributed by atoms with Crippen molar-refractivity contribution >= 4 is 5.91 Å². The number of rotatable bonds is 4. The summed E-state index contributed by atoms with van der Waals surface area (Å²) in [5.74, 6) is 0.502. The third-order valence-electron chi connectivity index (χ3n) is 4.08. The zero-order valence-corrected chi connectivity index (χ0v) is 13.7. The first kappa shape index (κ1) is 15.7. The zero-order valence-electron chi connectivity index (χ0n) is 13.7. The maximum atomic E-state index is 12.9. The van der Waals surface area contributed by atoms with Crippen molar-refractivity contribution in [1.82, 2.24) is 15.2 Å². The van der Waals surface area contributed by atoms with E-state index < -0.39 is 0 Å². The highest BCUT2D eigenvalue weighted by Gasteiger charge is 2.28. The maximum absolute atomic E-state index is 12.9. The van der Waals surface area contributed by atoms with Gasteiger partial charge < -0.3 is 14.6 Å². The van der Waals surface area contributed by atoms with Gasteiger partial charge >= 0.3 is 0 Å². The standard InChI is InChI=1S/C18H23N3O2/c1-13(2)20-15-9-6-10-21(11-15)18(22)16-17(23-12-19-16)14-7-4-3-5-8-14/h3-5,7-8,12-13,15,20H,6,9-11H2,1-2H3. The number of benzene rings is 1. The van der Waals surface area contributed by atoms with Crippen molar-refractivity contribution < 1.29 is 9.21 Å². The van der Waals surface area contributed by atoms with E-state index in [4.69, 9.17) is 4.42 Å². The molecule has 5 heteroatoms. The number of nitrogens with zero attached hydrogens (tertiary/aromatic N) is 2. The van der Waals surface area contributed by atoms with Crippen molar-refractivity contribution in [2.45, 2.75) is 38.8 Å². The molecule has 1 aromatic carbocycles. The van der Waals surface area contributed by atoms with Gasteiger partial charge in [-0.05, 0) is 12.8 Å². The summed E-state index contributed by atoms with van der Waals surface area (Å²) in [7, 11) is 0. The largest absolute Gasteiger partial charge is 0.443 e. The van der Waals surface area contributed by atoms with Gasteiger partial charge in [-0.15, -0.1) is 0 Å². The molecule has 23 heavy (non-hydrogen) atoms. The number of hydrogen-bond acceptors (Lipinski definition) is 4. The first-order valence-electron chi connectivity index (χ1n) is 8.19. The number of likely N-dealkylation sites (tertiary alicyclic amines) is 1. The Kier molecular flexibility index (Phi) is 4.76. The minimum absolute atomic E-state index is 0.0483. The lowest BCUT2D eigenvalue weighted by Crippen LogP contribution is -2.49. The molecule has 0 spiro atoms. The van der Waals surface area contributed by atoms with Crippen LogP contribution in [0.4, 0.5) is 0 Å². The minimum Gasteiger partial charge on any atom is -0.443 e. The number of piperidine rings is 1. The van der Waals surface area contributed by atoms with E-state index in [1.165, 1.54) is 6.39 Å². The lowest BCUT2D eigenvalue weighted by molar-refractivity contribution is 0.0686. The Labute approximate surface area is 136 Å². The fraction of sp³-hybridized carbons (Fsp3) is 0.444. The number of carbonyl (C=O) groups excluding carboxylic acids is 1. The summed E-state index contributed by atoms with van der Waals surface area (Å²) in [4.78, 5) is 18.9. The first-order valence-corrected chi connectivity index (χ1v) is 8.19. The van der Waals surface area contributed by atoms with Crippen molar-refractivity contribution in [1.29, 1.82) is 0 Å². The molecule has 3 rings (SSSR count). The van der Waals surface area contributed by atoms with Crippen LogP contribution in [0.2, 0.25) is 0 Å². The van der Waals surface area contributed by atoms with Gasteiger partial charge in [-0.25, -0.2) is 4.98 Å². The Morgan fingerprint density at radius 2 is 2.13 bits per heavy atom. The van der Waals surface area contributed by atoms with Gasteiger partial charge in [-0.3, -0.25) is 4.79 Å². The Balaban J connectivity index is 1.77. The van der Waals surface area contributed by atoms with E-state index in [-0.39, 0.29) is 5.91 Å². The van der Waals surface area contributed by atoms with E-state index in [1.807, 2.05) is 35.2 Å². The molecule has 0 radical (unpaired) electrons. The number of amides is 1. The highest BCUT2D eigenvalue weighted by Crippen LogP contribution is 2.25. The molecule has 1 N–H and O–H groups in total. The predicted octanol–water partition coefficient (Wildman–Crippen LogP) is 2.94. The minimum atomic E-state index is -0.0483. The third kappa shape index (κ3) is 3.62. The summed E-state index contributed by atoms with van der Waals surface area (Å²) in [5.41, 5.74) is 1.28. The van der Waals surface area contributed by atoms with Crippen LogP contribution >= 0.6 is 0 Å². The highest BCUT2D eigenvalue weighted by molar-refractivity contribution is 5.97. The number of hydrogen-bond donors (Lipinski definition) is 1. The quantitative estimate of drug-likeness (QED) is 0.943. The van der Waals surface area contributed by atoms with E-state index >= 15 is 0 Å². The summed E-state index contributed by atoms with van der Waals surface area (Å²) in [6, 6.07) is 10.4. The molecule has 1 atom stereocenters. The molecule has 0 aliphatic carbocycles. The van der Waals surface area contributed by atoms with Gasteiger partial charge in [-0.1, -0.05) is 44.2 Å². The van der Waals surface area contributed by atoms with Gasteiger partial charge in [0.2, 0.25) is 0 Å². The molecule has 1 amide bonds. The molecule has 122 valence electrons. The molecule has 2 heterocycles. The summed E-state index contributed by atoms with van der Waals surface area (Å²) >= 11 is 0. The molecule has 1 unspecified atom stereocenters. The maximum Gasteiger partial charge on any atom is 0.276 e. The molecule has 0 bridgehead atoms. The molecule has 1 saturated heterocycles. The Morgan fingerprint density at radius 1 is 1.35 bits per heavy atom. The molecule has 1 aliphatic rings. The Bertz CT molecular complexity index is 651. The predicted molar refractivity (Wildman–Crippen MR) is 89.1 cm³/mol. The average molecular weight is 313 g/mol. The van der Waals surface area contributed by atoms with Crippen molar-refractivity contribution in [3.8, 4) is 11.3 Å². The van der Waals surface area contributed by atoms with Crippen LogP contribution in [0.1, 0.15) is 37.2 Å². The SMILES string of the molecule is CC(C)NC1CCCN(C(=O)c2ncoc2-c2ccccc2)C1. The molecule has 1 fully saturated rings. The van der Waals surface area contributed by atoms with Gasteiger partial charge in [0.15, 0.2) is 17.8 Å². The summed E-state index contributed by atoms with van der Waals surface area (Å²) in [6.45, 7) is 5.76.